The lowest BCUT2D eigenvalue weighted by Crippen LogP contribution is -2.51. The smallest absolute Gasteiger partial charge is 0.239 e. The van der Waals surface area contributed by atoms with Crippen molar-refractivity contribution in [1.82, 2.24) is 10.6 Å². The van der Waals surface area contributed by atoms with Crippen LogP contribution < -0.4 is 15.4 Å². The summed E-state index contributed by atoms with van der Waals surface area (Å²) in [6.07, 6.45) is 0. The third kappa shape index (κ3) is 4.01. The number of hydrogen-bond donors (Lipinski definition) is 2. The van der Waals surface area contributed by atoms with Gasteiger partial charge in [0.25, 0.3) is 0 Å². The summed E-state index contributed by atoms with van der Waals surface area (Å²) >= 11 is 0. The van der Waals surface area contributed by atoms with Crippen LogP contribution in [0, 0.1) is 0 Å². The van der Waals surface area contributed by atoms with E-state index >= 15 is 0 Å². The molecule has 1 aromatic carbocycles. The molecule has 1 heterocycles. The number of para-hydroxylation sites is 1. The summed E-state index contributed by atoms with van der Waals surface area (Å²) in [5, 5.41) is 5.92. The van der Waals surface area contributed by atoms with E-state index in [-0.39, 0.29) is 11.9 Å². The Bertz CT molecular complexity index is 364. The van der Waals surface area contributed by atoms with E-state index in [9.17, 15) is 4.79 Å². The van der Waals surface area contributed by atoms with Crippen LogP contribution in [0.5, 0.6) is 5.75 Å². The number of hydrogen-bond acceptors (Lipinski definition) is 4. The zero-order valence-electron chi connectivity index (χ0n) is 10.2. The van der Waals surface area contributed by atoms with Crippen LogP contribution in [-0.2, 0) is 9.53 Å². The molecule has 1 saturated heterocycles. The van der Waals surface area contributed by atoms with E-state index in [1.54, 1.807) is 0 Å². The molecule has 98 valence electrons. The first kappa shape index (κ1) is 12.9. The molecule has 1 aliphatic rings. The number of nitrogens with one attached hydrogen (secondary N) is 2. The summed E-state index contributed by atoms with van der Waals surface area (Å²) in [6.45, 7) is 2.78. The van der Waals surface area contributed by atoms with Crippen molar-refractivity contribution in [2.75, 3.05) is 32.9 Å². The van der Waals surface area contributed by atoms with Crippen LogP contribution in [0.15, 0.2) is 30.3 Å². The van der Waals surface area contributed by atoms with Gasteiger partial charge in [-0.15, -0.1) is 0 Å². The maximum Gasteiger partial charge on any atom is 0.239 e. The lowest BCUT2D eigenvalue weighted by molar-refractivity contribution is -0.126. The molecule has 0 radical (unpaired) electrons. The maximum atomic E-state index is 11.7. The molecule has 2 rings (SSSR count). The summed E-state index contributed by atoms with van der Waals surface area (Å²) in [5.41, 5.74) is 0. The Balaban J connectivity index is 1.61. The molecule has 1 amide bonds. The largest absolute Gasteiger partial charge is 0.492 e. The molecule has 1 aliphatic heterocycles. The van der Waals surface area contributed by atoms with E-state index in [2.05, 4.69) is 10.6 Å². The average molecular weight is 250 g/mol. The van der Waals surface area contributed by atoms with Crippen molar-refractivity contribution in [2.24, 2.45) is 0 Å². The van der Waals surface area contributed by atoms with E-state index in [4.69, 9.17) is 9.47 Å². The first-order valence-electron chi connectivity index (χ1n) is 6.13. The lowest BCUT2D eigenvalue weighted by atomic mass is 10.2. The quantitative estimate of drug-likeness (QED) is 0.731. The summed E-state index contributed by atoms with van der Waals surface area (Å²) in [4.78, 5) is 11.7. The fourth-order valence-electron chi connectivity index (χ4n) is 1.72. The van der Waals surface area contributed by atoms with Crippen LogP contribution in [0.2, 0.25) is 0 Å². The molecule has 0 aliphatic carbocycles. The van der Waals surface area contributed by atoms with Crippen molar-refractivity contribution in [3.8, 4) is 5.75 Å². The van der Waals surface area contributed by atoms with Crippen molar-refractivity contribution in [3.63, 3.8) is 0 Å². The molecule has 0 bridgehead atoms. The van der Waals surface area contributed by atoms with Crippen LogP contribution in [-0.4, -0.2) is 44.9 Å². The van der Waals surface area contributed by atoms with Crippen molar-refractivity contribution in [2.45, 2.75) is 6.04 Å². The van der Waals surface area contributed by atoms with Gasteiger partial charge in [0, 0.05) is 6.54 Å². The van der Waals surface area contributed by atoms with Crippen LogP contribution in [0.3, 0.4) is 0 Å². The Morgan fingerprint density at radius 3 is 3.00 bits per heavy atom. The highest BCUT2D eigenvalue weighted by Gasteiger charge is 2.20. The van der Waals surface area contributed by atoms with E-state index in [0.717, 1.165) is 12.3 Å². The van der Waals surface area contributed by atoms with Gasteiger partial charge >= 0.3 is 0 Å². The second-order valence-electron chi connectivity index (χ2n) is 4.03. The highest BCUT2D eigenvalue weighted by molar-refractivity contribution is 5.81. The number of morpholine rings is 1. The highest BCUT2D eigenvalue weighted by Crippen LogP contribution is 2.07. The zero-order valence-corrected chi connectivity index (χ0v) is 10.2. The minimum Gasteiger partial charge on any atom is -0.492 e. The Morgan fingerprint density at radius 2 is 2.28 bits per heavy atom. The first-order chi connectivity index (χ1) is 8.86. The van der Waals surface area contributed by atoms with Gasteiger partial charge in [-0.3, -0.25) is 4.79 Å². The van der Waals surface area contributed by atoms with Crippen LogP contribution in [0.4, 0.5) is 0 Å². The fourth-order valence-corrected chi connectivity index (χ4v) is 1.72. The van der Waals surface area contributed by atoms with Crippen molar-refractivity contribution < 1.29 is 14.3 Å². The van der Waals surface area contributed by atoms with Gasteiger partial charge in [0.2, 0.25) is 5.91 Å². The first-order valence-corrected chi connectivity index (χ1v) is 6.13. The predicted molar refractivity (Wildman–Crippen MR) is 67.6 cm³/mol. The van der Waals surface area contributed by atoms with Gasteiger partial charge in [-0.2, -0.15) is 0 Å². The number of carbonyl (C=O) groups excluding carboxylic acids is 1. The monoisotopic (exact) mass is 250 g/mol. The Morgan fingerprint density at radius 1 is 1.44 bits per heavy atom. The number of carbonyl (C=O) groups is 1. The normalized spacial score (nSPS) is 19.2. The Hall–Kier alpha value is -1.59. The van der Waals surface area contributed by atoms with Gasteiger partial charge in [0.1, 0.15) is 18.4 Å². The third-order valence-corrected chi connectivity index (χ3v) is 2.65. The molecule has 0 spiro atoms. The molecule has 1 unspecified atom stereocenters. The summed E-state index contributed by atoms with van der Waals surface area (Å²) < 4.78 is 10.7. The van der Waals surface area contributed by atoms with Crippen molar-refractivity contribution in [3.05, 3.63) is 30.3 Å². The van der Waals surface area contributed by atoms with Crippen LogP contribution >= 0.6 is 0 Å². The maximum absolute atomic E-state index is 11.7. The second-order valence-corrected chi connectivity index (χ2v) is 4.03. The van der Waals surface area contributed by atoms with Gasteiger partial charge < -0.3 is 20.1 Å². The molecular formula is C13H18N2O3. The lowest BCUT2D eigenvalue weighted by Gasteiger charge is -2.22. The Kier molecular flexibility index (Phi) is 4.99. The molecule has 0 saturated carbocycles. The van der Waals surface area contributed by atoms with Crippen LogP contribution in [0.1, 0.15) is 0 Å². The standard InChI is InChI=1S/C13H18N2O3/c16-13(12-10-17-8-6-14-12)15-7-9-18-11-4-2-1-3-5-11/h1-5,12,14H,6-10H2,(H,15,16). The number of amides is 1. The zero-order chi connectivity index (χ0) is 12.6. The van der Waals surface area contributed by atoms with Crippen molar-refractivity contribution in [1.29, 1.82) is 0 Å². The summed E-state index contributed by atoms with van der Waals surface area (Å²) in [5.74, 6) is 0.775. The molecule has 1 fully saturated rings. The fraction of sp³-hybridized carbons (Fsp3) is 0.462. The number of rotatable bonds is 5. The topological polar surface area (TPSA) is 59.6 Å². The second kappa shape index (κ2) is 6.98. The van der Waals surface area contributed by atoms with Gasteiger partial charge in [-0.1, -0.05) is 18.2 Å². The average Bonchev–Trinajstić information content (AvgIpc) is 2.45. The third-order valence-electron chi connectivity index (χ3n) is 2.65. The Labute approximate surface area is 106 Å². The van der Waals surface area contributed by atoms with E-state index in [1.165, 1.54) is 0 Å². The molecule has 1 atom stereocenters. The van der Waals surface area contributed by atoms with Gasteiger partial charge in [0.05, 0.1) is 19.8 Å². The molecule has 2 N–H and O–H groups in total. The molecule has 5 nitrogen and oxygen atoms in total. The van der Waals surface area contributed by atoms with Crippen molar-refractivity contribution >= 4 is 5.91 Å². The van der Waals surface area contributed by atoms with Gasteiger partial charge in [-0.25, -0.2) is 0 Å². The van der Waals surface area contributed by atoms with E-state index in [0.29, 0.717) is 26.4 Å². The highest BCUT2D eigenvalue weighted by atomic mass is 16.5. The molecular weight excluding hydrogens is 232 g/mol. The minimum atomic E-state index is -0.240. The molecule has 1 aromatic rings. The van der Waals surface area contributed by atoms with Gasteiger partial charge in [-0.05, 0) is 12.1 Å². The minimum absolute atomic E-state index is 0.0358. The van der Waals surface area contributed by atoms with Gasteiger partial charge in [0.15, 0.2) is 0 Å². The van der Waals surface area contributed by atoms with E-state index in [1.807, 2.05) is 30.3 Å². The van der Waals surface area contributed by atoms with Crippen LogP contribution in [0.25, 0.3) is 0 Å². The summed E-state index contributed by atoms with van der Waals surface area (Å²) in [7, 11) is 0. The predicted octanol–water partition coefficient (Wildman–Crippen LogP) is 0.170. The number of benzene rings is 1. The van der Waals surface area contributed by atoms with E-state index < -0.39 is 0 Å². The molecule has 5 heteroatoms. The summed E-state index contributed by atoms with van der Waals surface area (Å²) in [6, 6.07) is 9.30. The SMILES string of the molecule is O=C(NCCOc1ccccc1)C1COCCN1. The number of ether oxygens (including phenoxy) is 2. The molecule has 18 heavy (non-hydrogen) atoms. The molecule has 0 aromatic heterocycles.